The minimum absolute atomic E-state index is 0.0487. The third-order valence-electron chi connectivity index (χ3n) is 4.47. The van der Waals surface area contributed by atoms with E-state index in [2.05, 4.69) is 4.98 Å². The van der Waals surface area contributed by atoms with Crippen molar-refractivity contribution in [1.29, 1.82) is 0 Å². The summed E-state index contributed by atoms with van der Waals surface area (Å²) in [4.78, 5) is 3.60. The zero-order chi connectivity index (χ0) is 19.9. The van der Waals surface area contributed by atoms with Gasteiger partial charge in [0.1, 0.15) is 11.8 Å². The van der Waals surface area contributed by atoms with Crippen LogP contribution in [0.1, 0.15) is 5.69 Å². The molecule has 0 unspecified atom stereocenters. The van der Waals surface area contributed by atoms with E-state index in [0.29, 0.717) is 0 Å². The van der Waals surface area contributed by atoms with E-state index < -0.39 is 28.0 Å². The number of benzene rings is 2. The number of fused-ring (bicyclic) bond motifs is 1. The summed E-state index contributed by atoms with van der Waals surface area (Å²) in [6.07, 6.45) is -5.11. The van der Waals surface area contributed by atoms with Crippen molar-refractivity contribution in [3.05, 3.63) is 66.4 Å². The van der Waals surface area contributed by atoms with Gasteiger partial charge in [0.2, 0.25) is 15.9 Å². The second-order valence-electron chi connectivity index (χ2n) is 6.43. The second kappa shape index (κ2) is 6.75. The molecule has 1 aromatic heterocycles. The molecule has 2 heterocycles. The number of aromatic nitrogens is 1. The zero-order valence-corrected chi connectivity index (χ0v) is 15.2. The Labute approximate surface area is 159 Å². The van der Waals surface area contributed by atoms with E-state index in [1.54, 1.807) is 18.2 Å². The Morgan fingerprint density at radius 1 is 0.964 bits per heavy atom. The number of alkyl halides is 3. The van der Waals surface area contributed by atoms with Gasteiger partial charge in [-0.25, -0.2) is 13.4 Å². The summed E-state index contributed by atoms with van der Waals surface area (Å²) < 4.78 is 70.3. The van der Waals surface area contributed by atoms with Crippen LogP contribution in [0.15, 0.2) is 65.6 Å². The summed E-state index contributed by atoms with van der Waals surface area (Å²) in [6, 6.07) is 15.7. The summed E-state index contributed by atoms with van der Waals surface area (Å²) in [6.45, 7) is 0.0974. The van der Waals surface area contributed by atoms with Crippen LogP contribution in [0.3, 0.4) is 0 Å². The molecular weight excluding hydrogens is 393 g/mol. The summed E-state index contributed by atoms with van der Waals surface area (Å²) in [7, 11) is -3.70. The predicted octanol–water partition coefficient (Wildman–Crippen LogP) is 3.71. The molecule has 0 radical (unpaired) electrons. The lowest BCUT2D eigenvalue weighted by molar-refractivity contribution is -0.141. The molecule has 5 nitrogen and oxygen atoms in total. The monoisotopic (exact) mass is 408 g/mol. The molecule has 1 fully saturated rings. The SMILES string of the molecule is O=S(=O)(c1ccc2ccccc2c1)N1CC(Oc2cccc(C(F)(F)F)n2)C1. The molecule has 9 heteroatoms. The average molecular weight is 408 g/mol. The molecule has 2 aromatic carbocycles. The normalized spacial score (nSPS) is 16.1. The van der Waals surface area contributed by atoms with Crippen molar-refractivity contribution in [1.82, 2.24) is 9.29 Å². The molecule has 0 N–H and O–H groups in total. The van der Waals surface area contributed by atoms with Crippen LogP contribution < -0.4 is 4.74 Å². The van der Waals surface area contributed by atoms with E-state index in [-0.39, 0.29) is 23.9 Å². The van der Waals surface area contributed by atoms with Crippen LogP contribution in [-0.2, 0) is 16.2 Å². The van der Waals surface area contributed by atoms with Crippen LogP contribution >= 0.6 is 0 Å². The van der Waals surface area contributed by atoms with Crippen LogP contribution in [0.25, 0.3) is 10.8 Å². The summed E-state index contributed by atoms with van der Waals surface area (Å²) in [5.41, 5.74) is -1.05. The maximum Gasteiger partial charge on any atom is 0.433 e. The molecule has 0 bridgehead atoms. The van der Waals surface area contributed by atoms with Gasteiger partial charge in [-0.2, -0.15) is 17.5 Å². The molecule has 1 saturated heterocycles. The molecule has 0 spiro atoms. The van der Waals surface area contributed by atoms with Gasteiger partial charge in [-0.3, -0.25) is 0 Å². The maximum absolute atomic E-state index is 12.7. The Morgan fingerprint density at radius 2 is 1.68 bits per heavy atom. The topological polar surface area (TPSA) is 59.5 Å². The molecule has 28 heavy (non-hydrogen) atoms. The van der Waals surface area contributed by atoms with Crippen LogP contribution in [0.4, 0.5) is 13.2 Å². The van der Waals surface area contributed by atoms with E-state index in [0.717, 1.165) is 16.8 Å². The van der Waals surface area contributed by atoms with Crippen LogP contribution in [0, 0.1) is 0 Å². The van der Waals surface area contributed by atoms with E-state index in [1.807, 2.05) is 24.3 Å². The Kier molecular flexibility index (Phi) is 4.51. The summed E-state index contributed by atoms with van der Waals surface area (Å²) in [5, 5.41) is 1.74. The quantitative estimate of drug-likeness (QED) is 0.661. The summed E-state index contributed by atoms with van der Waals surface area (Å²) >= 11 is 0. The Balaban J connectivity index is 1.45. The van der Waals surface area contributed by atoms with Gasteiger partial charge in [-0.15, -0.1) is 0 Å². The van der Waals surface area contributed by atoms with Crippen LogP contribution in [0.5, 0.6) is 5.88 Å². The first kappa shape index (κ1) is 18.7. The van der Waals surface area contributed by atoms with E-state index in [9.17, 15) is 21.6 Å². The van der Waals surface area contributed by atoms with Gasteiger partial charge in [-0.1, -0.05) is 36.4 Å². The number of rotatable bonds is 4. The molecule has 146 valence electrons. The standard InChI is InChI=1S/C19H15F3N2O3S/c20-19(21,22)17-6-3-7-18(23-17)27-15-11-24(12-15)28(25,26)16-9-8-13-4-1-2-5-14(13)10-16/h1-10,15H,11-12H2. The van der Waals surface area contributed by atoms with Gasteiger partial charge in [0, 0.05) is 6.07 Å². The lowest BCUT2D eigenvalue weighted by atomic mass is 10.1. The van der Waals surface area contributed by atoms with Gasteiger partial charge >= 0.3 is 6.18 Å². The molecule has 0 atom stereocenters. The van der Waals surface area contributed by atoms with Crippen molar-refractivity contribution in [2.75, 3.05) is 13.1 Å². The first-order valence-electron chi connectivity index (χ1n) is 8.43. The van der Waals surface area contributed by atoms with Crippen molar-refractivity contribution < 1.29 is 26.3 Å². The molecule has 1 aliphatic heterocycles. The molecule has 0 amide bonds. The van der Waals surface area contributed by atoms with Gasteiger partial charge in [0.25, 0.3) is 0 Å². The maximum atomic E-state index is 12.7. The van der Waals surface area contributed by atoms with Crippen molar-refractivity contribution >= 4 is 20.8 Å². The number of nitrogens with zero attached hydrogens (tertiary/aromatic N) is 2. The minimum atomic E-state index is -4.57. The highest BCUT2D eigenvalue weighted by Gasteiger charge is 2.39. The summed E-state index contributed by atoms with van der Waals surface area (Å²) in [5.74, 6) is -0.178. The first-order chi connectivity index (χ1) is 13.2. The van der Waals surface area contributed by atoms with Gasteiger partial charge in [-0.05, 0) is 29.0 Å². The number of halogens is 3. The minimum Gasteiger partial charge on any atom is -0.472 e. The third kappa shape index (κ3) is 3.55. The Morgan fingerprint density at radius 3 is 2.39 bits per heavy atom. The van der Waals surface area contributed by atoms with Gasteiger partial charge in [0.15, 0.2) is 0 Å². The van der Waals surface area contributed by atoms with Crippen molar-refractivity contribution in [2.45, 2.75) is 17.2 Å². The highest BCUT2D eigenvalue weighted by molar-refractivity contribution is 7.89. The molecule has 1 aliphatic rings. The van der Waals surface area contributed by atoms with Crippen molar-refractivity contribution in [3.63, 3.8) is 0 Å². The van der Waals surface area contributed by atoms with E-state index in [1.165, 1.54) is 16.4 Å². The van der Waals surface area contributed by atoms with Gasteiger partial charge in [0.05, 0.1) is 18.0 Å². The number of sulfonamides is 1. The fourth-order valence-electron chi connectivity index (χ4n) is 2.96. The fraction of sp³-hybridized carbons (Fsp3) is 0.211. The smallest absolute Gasteiger partial charge is 0.433 e. The largest absolute Gasteiger partial charge is 0.472 e. The van der Waals surface area contributed by atoms with E-state index >= 15 is 0 Å². The van der Waals surface area contributed by atoms with Crippen LogP contribution in [0.2, 0.25) is 0 Å². The molecular formula is C19H15F3N2O3S. The number of hydrogen-bond donors (Lipinski definition) is 0. The lowest BCUT2D eigenvalue weighted by Crippen LogP contribution is -2.56. The van der Waals surface area contributed by atoms with Crippen molar-refractivity contribution in [2.24, 2.45) is 0 Å². The Hall–Kier alpha value is -2.65. The highest BCUT2D eigenvalue weighted by Crippen LogP contribution is 2.30. The molecule has 0 saturated carbocycles. The van der Waals surface area contributed by atoms with Gasteiger partial charge < -0.3 is 4.74 Å². The first-order valence-corrected chi connectivity index (χ1v) is 9.87. The number of pyridine rings is 1. The highest BCUT2D eigenvalue weighted by atomic mass is 32.2. The Bertz CT molecular complexity index is 1130. The molecule has 3 aromatic rings. The second-order valence-corrected chi connectivity index (χ2v) is 8.37. The molecule has 4 rings (SSSR count). The zero-order valence-electron chi connectivity index (χ0n) is 14.4. The van der Waals surface area contributed by atoms with E-state index in [4.69, 9.17) is 4.74 Å². The predicted molar refractivity (Wildman–Crippen MR) is 96.4 cm³/mol. The van der Waals surface area contributed by atoms with Crippen LogP contribution in [-0.4, -0.2) is 36.9 Å². The lowest BCUT2D eigenvalue weighted by Gasteiger charge is -2.37. The number of ether oxygens (including phenoxy) is 1. The van der Waals surface area contributed by atoms with Crippen molar-refractivity contribution in [3.8, 4) is 5.88 Å². The average Bonchev–Trinajstić information content (AvgIpc) is 2.63. The fourth-order valence-corrected chi connectivity index (χ4v) is 4.50. The number of hydrogen-bond acceptors (Lipinski definition) is 4. The molecule has 0 aliphatic carbocycles. The third-order valence-corrected chi connectivity index (χ3v) is 6.30.